The van der Waals surface area contributed by atoms with Gasteiger partial charge in [-0.1, -0.05) is 0 Å². The number of nitriles is 1. The molecule has 0 atom stereocenters. The van der Waals surface area contributed by atoms with Crippen molar-refractivity contribution in [2.45, 2.75) is 6.54 Å². The number of hydrogen-bond donors (Lipinski definition) is 1. The number of aromatic nitrogens is 1. The summed E-state index contributed by atoms with van der Waals surface area (Å²) in [5, 5.41) is 13.8. The predicted octanol–water partition coefficient (Wildman–Crippen LogP) is 2.64. The van der Waals surface area contributed by atoms with Crippen LogP contribution < -0.4 is 10.1 Å². The molecule has 2 rings (SSSR count). The molecule has 0 unspecified atom stereocenters. The predicted molar refractivity (Wildman–Crippen MR) is 67.1 cm³/mol. The van der Waals surface area contributed by atoms with E-state index in [1.807, 2.05) is 23.6 Å². The van der Waals surface area contributed by atoms with Crippen molar-refractivity contribution in [3.8, 4) is 11.9 Å². The lowest BCUT2D eigenvalue weighted by Crippen LogP contribution is -2.00. The number of hydrogen-bond acceptors (Lipinski definition) is 5. The van der Waals surface area contributed by atoms with Gasteiger partial charge in [0.2, 0.25) is 5.88 Å². The van der Waals surface area contributed by atoms with Gasteiger partial charge in [0.25, 0.3) is 0 Å². The summed E-state index contributed by atoms with van der Waals surface area (Å²) in [7, 11) is 1.59. The Kier molecular flexibility index (Phi) is 3.58. The van der Waals surface area contributed by atoms with Crippen LogP contribution in [-0.4, -0.2) is 12.1 Å². The number of rotatable bonds is 4. The van der Waals surface area contributed by atoms with Crippen molar-refractivity contribution in [2.75, 3.05) is 12.4 Å². The van der Waals surface area contributed by atoms with Crippen LogP contribution in [0.1, 0.15) is 10.4 Å². The summed E-state index contributed by atoms with van der Waals surface area (Å²) in [6.45, 7) is 0.661. The van der Waals surface area contributed by atoms with Crippen molar-refractivity contribution >= 4 is 17.0 Å². The van der Waals surface area contributed by atoms with E-state index in [-0.39, 0.29) is 0 Å². The van der Waals surface area contributed by atoms with E-state index in [0.717, 1.165) is 10.6 Å². The number of anilines is 1. The number of nitrogens with zero attached hydrogens (tertiary/aromatic N) is 2. The van der Waals surface area contributed by atoms with Gasteiger partial charge in [-0.25, -0.2) is 4.98 Å². The van der Waals surface area contributed by atoms with E-state index >= 15 is 0 Å². The van der Waals surface area contributed by atoms with Crippen molar-refractivity contribution < 1.29 is 4.74 Å². The van der Waals surface area contributed by atoms with E-state index < -0.39 is 0 Å². The van der Waals surface area contributed by atoms with Crippen LogP contribution in [0.5, 0.6) is 5.88 Å². The van der Waals surface area contributed by atoms with Crippen LogP contribution in [0.2, 0.25) is 0 Å². The summed E-state index contributed by atoms with van der Waals surface area (Å²) in [6, 6.07) is 7.74. The molecule has 0 fully saturated rings. The van der Waals surface area contributed by atoms with E-state index in [9.17, 15) is 0 Å². The highest BCUT2D eigenvalue weighted by molar-refractivity contribution is 7.10. The van der Waals surface area contributed by atoms with Crippen LogP contribution in [0, 0.1) is 11.3 Å². The summed E-state index contributed by atoms with van der Waals surface area (Å²) in [5.74, 6) is 0.574. The van der Waals surface area contributed by atoms with Gasteiger partial charge in [0.15, 0.2) is 0 Å². The van der Waals surface area contributed by atoms with Crippen LogP contribution in [0.25, 0.3) is 0 Å². The average molecular weight is 245 g/mol. The molecule has 5 heteroatoms. The molecule has 1 N–H and O–H groups in total. The fraction of sp³-hybridized carbons (Fsp3) is 0.167. The molecule has 4 nitrogen and oxygen atoms in total. The van der Waals surface area contributed by atoms with Crippen LogP contribution in [0.4, 0.5) is 5.69 Å². The maximum Gasteiger partial charge on any atom is 0.237 e. The van der Waals surface area contributed by atoms with E-state index in [1.165, 1.54) is 0 Å². The minimum atomic E-state index is 0.574. The summed E-state index contributed by atoms with van der Waals surface area (Å²) in [5.41, 5.74) is 1.55. The highest BCUT2D eigenvalue weighted by Gasteiger charge is 2.03. The van der Waals surface area contributed by atoms with Crippen molar-refractivity contribution in [3.05, 3.63) is 40.2 Å². The first-order valence-corrected chi connectivity index (χ1v) is 5.92. The lowest BCUT2D eigenvalue weighted by molar-refractivity contribution is 0.399. The van der Waals surface area contributed by atoms with Crippen molar-refractivity contribution in [1.29, 1.82) is 5.26 Å². The van der Waals surface area contributed by atoms with E-state index in [0.29, 0.717) is 18.0 Å². The van der Waals surface area contributed by atoms with Gasteiger partial charge in [0.1, 0.15) is 6.07 Å². The normalized spacial score (nSPS) is 9.65. The zero-order valence-corrected chi connectivity index (χ0v) is 10.1. The number of pyridine rings is 1. The molecule has 2 aromatic rings. The number of nitrogens with one attached hydrogen (secondary N) is 1. The molecule has 0 spiro atoms. The standard InChI is InChI=1S/C12H11N3OS/c1-16-12-11(3-2-4-14-12)15-7-10-5-9(6-13)8-17-10/h2-5,8,15H,7H2,1H3. The molecule has 0 saturated heterocycles. The zero-order chi connectivity index (χ0) is 12.1. The van der Waals surface area contributed by atoms with Gasteiger partial charge in [0, 0.05) is 23.0 Å². The molecule has 0 amide bonds. The second-order valence-corrected chi connectivity index (χ2v) is 4.32. The highest BCUT2D eigenvalue weighted by Crippen LogP contribution is 2.22. The molecule has 0 bridgehead atoms. The van der Waals surface area contributed by atoms with Crippen molar-refractivity contribution in [2.24, 2.45) is 0 Å². The molecule has 86 valence electrons. The lowest BCUT2D eigenvalue weighted by Gasteiger charge is -2.08. The van der Waals surface area contributed by atoms with Crippen LogP contribution >= 0.6 is 11.3 Å². The second-order valence-electron chi connectivity index (χ2n) is 3.33. The van der Waals surface area contributed by atoms with Gasteiger partial charge in [-0.15, -0.1) is 11.3 Å². The monoisotopic (exact) mass is 245 g/mol. The number of ether oxygens (including phenoxy) is 1. The topological polar surface area (TPSA) is 57.9 Å². The van der Waals surface area contributed by atoms with Crippen LogP contribution in [0.15, 0.2) is 29.8 Å². The first kappa shape index (κ1) is 11.4. The molecule has 2 heterocycles. The Labute approximate surface area is 103 Å². The van der Waals surface area contributed by atoms with Gasteiger partial charge in [-0.3, -0.25) is 0 Å². The van der Waals surface area contributed by atoms with Crippen LogP contribution in [-0.2, 0) is 6.54 Å². The van der Waals surface area contributed by atoms with Gasteiger partial charge in [-0.2, -0.15) is 5.26 Å². The van der Waals surface area contributed by atoms with E-state index in [1.54, 1.807) is 24.6 Å². The second kappa shape index (κ2) is 5.32. The number of methoxy groups -OCH3 is 1. The summed E-state index contributed by atoms with van der Waals surface area (Å²) >= 11 is 1.56. The lowest BCUT2D eigenvalue weighted by atomic mass is 10.3. The molecule has 0 radical (unpaired) electrons. The molecule has 0 aliphatic carbocycles. The maximum absolute atomic E-state index is 8.72. The molecular weight excluding hydrogens is 234 g/mol. The molecule has 17 heavy (non-hydrogen) atoms. The summed E-state index contributed by atoms with van der Waals surface area (Å²) in [4.78, 5) is 5.20. The number of thiophene rings is 1. The van der Waals surface area contributed by atoms with Crippen LogP contribution in [0.3, 0.4) is 0 Å². The first-order valence-electron chi connectivity index (χ1n) is 5.04. The highest BCUT2D eigenvalue weighted by atomic mass is 32.1. The maximum atomic E-state index is 8.72. The molecule has 0 aliphatic heterocycles. The smallest absolute Gasteiger partial charge is 0.237 e. The third kappa shape index (κ3) is 2.74. The SMILES string of the molecule is COc1ncccc1NCc1cc(C#N)cs1. The zero-order valence-electron chi connectivity index (χ0n) is 9.30. The largest absolute Gasteiger partial charge is 0.480 e. The van der Waals surface area contributed by atoms with Crippen molar-refractivity contribution in [1.82, 2.24) is 4.98 Å². The minimum Gasteiger partial charge on any atom is -0.480 e. The van der Waals surface area contributed by atoms with Gasteiger partial charge in [0.05, 0.1) is 18.4 Å². The fourth-order valence-electron chi connectivity index (χ4n) is 1.40. The average Bonchev–Trinajstić information content (AvgIpc) is 2.84. The third-order valence-electron chi connectivity index (χ3n) is 2.20. The third-order valence-corrected chi connectivity index (χ3v) is 3.14. The van der Waals surface area contributed by atoms with E-state index in [2.05, 4.69) is 16.4 Å². The molecular formula is C12H11N3OS. The molecule has 0 saturated carbocycles. The molecule has 0 aromatic carbocycles. The van der Waals surface area contributed by atoms with Gasteiger partial charge >= 0.3 is 0 Å². The molecule has 2 aromatic heterocycles. The van der Waals surface area contributed by atoms with E-state index in [4.69, 9.17) is 10.00 Å². The fourth-order valence-corrected chi connectivity index (χ4v) is 2.15. The van der Waals surface area contributed by atoms with Gasteiger partial charge < -0.3 is 10.1 Å². The Bertz CT molecular complexity index is 545. The summed E-state index contributed by atoms with van der Waals surface area (Å²) in [6.07, 6.45) is 1.68. The quantitative estimate of drug-likeness (QED) is 0.899. The summed E-state index contributed by atoms with van der Waals surface area (Å²) < 4.78 is 5.14. The Morgan fingerprint density at radius 3 is 3.18 bits per heavy atom. The first-order chi connectivity index (χ1) is 8.33. The Morgan fingerprint density at radius 1 is 1.59 bits per heavy atom. The minimum absolute atomic E-state index is 0.574. The Hall–Kier alpha value is -2.06. The Balaban J connectivity index is 2.05. The van der Waals surface area contributed by atoms with Crippen molar-refractivity contribution in [3.63, 3.8) is 0 Å². The Morgan fingerprint density at radius 2 is 2.47 bits per heavy atom. The van der Waals surface area contributed by atoms with Gasteiger partial charge in [-0.05, 0) is 18.2 Å². The molecule has 0 aliphatic rings.